The topological polar surface area (TPSA) is 59.8 Å². The summed E-state index contributed by atoms with van der Waals surface area (Å²) >= 11 is 1.19. The molecule has 0 aliphatic carbocycles. The zero-order valence-electron chi connectivity index (χ0n) is 18.0. The van der Waals surface area contributed by atoms with E-state index < -0.39 is 17.6 Å². The van der Waals surface area contributed by atoms with Crippen LogP contribution < -0.4 is 5.32 Å². The van der Waals surface area contributed by atoms with Crippen molar-refractivity contribution in [3.8, 4) is 0 Å². The number of carbonyl (C=O) groups excluding carboxylic acids is 1. The van der Waals surface area contributed by atoms with Crippen LogP contribution in [0.5, 0.6) is 0 Å². The number of anilines is 1. The molecule has 0 spiro atoms. The second-order valence-electron chi connectivity index (χ2n) is 7.55. The molecule has 1 heterocycles. The summed E-state index contributed by atoms with van der Waals surface area (Å²) < 4.78 is 40.7. The van der Waals surface area contributed by atoms with Crippen molar-refractivity contribution in [3.63, 3.8) is 0 Å². The summed E-state index contributed by atoms with van der Waals surface area (Å²) in [6.45, 7) is 0.535. The van der Waals surface area contributed by atoms with E-state index in [-0.39, 0.29) is 11.4 Å². The molecule has 34 heavy (non-hydrogen) atoms. The third-order valence-corrected chi connectivity index (χ3v) is 5.95. The van der Waals surface area contributed by atoms with Crippen molar-refractivity contribution in [1.29, 1.82) is 0 Å². The maximum atomic E-state index is 12.9. The number of halogens is 3. The van der Waals surface area contributed by atoms with Crippen molar-refractivity contribution in [2.24, 2.45) is 0 Å². The molecule has 3 aromatic carbocycles. The Hall–Kier alpha value is -3.59. The van der Waals surface area contributed by atoms with Crippen LogP contribution in [-0.2, 0) is 23.9 Å². The van der Waals surface area contributed by atoms with Gasteiger partial charge in [0.25, 0.3) is 0 Å². The number of aromatic nitrogens is 3. The molecule has 0 radical (unpaired) electrons. The molecule has 0 saturated heterocycles. The Morgan fingerprint density at radius 3 is 2.24 bits per heavy atom. The molecule has 0 aliphatic rings. The molecular weight excluding hydrogens is 461 g/mol. The summed E-state index contributed by atoms with van der Waals surface area (Å²) in [6.07, 6.45) is -3.89. The van der Waals surface area contributed by atoms with Crippen LogP contribution in [0.15, 0.2) is 90.1 Å². The fourth-order valence-corrected chi connectivity index (χ4v) is 4.12. The van der Waals surface area contributed by atoms with Crippen molar-refractivity contribution in [3.05, 3.63) is 107 Å². The Kier molecular flexibility index (Phi) is 7.32. The largest absolute Gasteiger partial charge is 0.416 e. The van der Waals surface area contributed by atoms with E-state index in [2.05, 4.69) is 15.5 Å². The lowest BCUT2D eigenvalue weighted by atomic mass is 10.1. The standard InChI is InChI=1S/C25H21F3N4OS/c26-25(27,28)20-12-7-13-21(15-20)29-23(33)17-34-24-31-30-22(14-18-8-3-1-4-9-18)32(24)16-19-10-5-2-6-11-19/h1-13,15H,14,16-17H2,(H,29,33). The summed E-state index contributed by atoms with van der Waals surface area (Å²) in [5.41, 5.74) is 1.43. The smallest absolute Gasteiger partial charge is 0.325 e. The van der Waals surface area contributed by atoms with Gasteiger partial charge in [0.1, 0.15) is 5.82 Å². The first kappa shape index (κ1) is 23.6. The Morgan fingerprint density at radius 1 is 0.882 bits per heavy atom. The molecule has 0 aliphatic heterocycles. The number of thioether (sulfide) groups is 1. The van der Waals surface area contributed by atoms with E-state index in [9.17, 15) is 18.0 Å². The summed E-state index contributed by atoms with van der Waals surface area (Å²) in [7, 11) is 0. The van der Waals surface area contributed by atoms with Crippen LogP contribution in [0.25, 0.3) is 0 Å². The first-order chi connectivity index (χ1) is 16.4. The van der Waals surface area contributed by atoms with Gasteiger partial charge in [-0.3, -0.25) is 4.79 Å². The van der Waals surface area contributed by atoms with Crippen LogP contribution in [0.4, 0.5) is 18.9 Å². The van der Waals surface area contributed by atoms with Gasteiger partial charge in [-0.05, 0) is 29.3 Å². The summed E-state index contributed by atoms with van der Waals surface area (Å²) in [5.74, 6) is 0.313. The Labute approximate surface area is 199 Å². The third-order valence-electron chi connectivity index (χ3n) is 4.99. The number of hydrogen-bond acceptors (Lipinski definition) is 4. The van der Waals surface area contributed by atoms with Gasteiger partial charge in [0.2, 0.25) is 5.91 Å². The number of benzene rings is 3. The lowest BCUT2D eigenvalue weighted by molar-refractivity contribution is -0.137. The molecule has 0 atom stereocenters. The van der Waals surface area contributed by atoms with Crippen molar-refractivity contribution < 1.29 is 18.0 Å². The highest BCUT2D eigenvalue weighted by Gasteiger charge is 2.30. The highest BCUT2D eigenvalue weighted by Crippen LogP contribution is 2.30. The number of amides is 1. The van der Waals surface area contributed by atoms with Gasteiger partial charge < -0.3 is 9.88 Å². The Balaban J connectivity index is 1.48. The van der Waals surface area contributed by atoms with Crippen LogP contribution >= 0.6 is 11.8 Å². The summed E-state index contributed by atoms with van der Waals surface area (Å²) in [6, 6.07) is 24.3. The van der Waals surface area contributed by atoms with Gasteiger partial charge in [0.15, 0.2) is 5.16 Å². The highest BCUT2D eigenvalue weighted by molar-refractivity contribution is 7.99. The van der Waals surface area contributed by atoms with E-state index >= 15 is 0 Å². The van der Waals surface area contributed by atoms with Gasteiger partial charge in [-0.2, -0.15) is 13.2 Å². The molecule has 4 rings (SSSR count). The van der Waals surface area contributed by atoms with Gasteiger partial charge in [0, 0.05) is 12.1 Å². The van der Waals surface area contributed by atoms with Crippen LogP contribution in [0.2, 0.25) is 0 Å². The van der Waals surface area contributed by atoms with Crippen molar-refractivity contribution >= 4 is 23.4 Å². The molecule has 0 unspecified atom stereocenters. The number of hydrogen-bond donors (Lipinski definition) is 1. The quantitative estimate of drug-likeness (QED) is 0.329. The van der Waals surface area contributed by atoms with Crippen LogP contribution in [0.3, 0.4) is 0 Å². The lowest BCUT2D eigenvalue weighted by Gasteiger charge is -2.11. The lowest BCUT2D eigenvalue weighted by Crippen LogP contribution is -2.16. The van der Waals surface area contributed by atoms with Crippen LogP contribution in [0, 0.1) is 0 Å². The van der Waals surface area contributed by atoms with E-state index in [0.29, 0.717) is 18.1 Å². The molecule has 0 saturated carbocycles. The zero-order chi connectivity index (χ0) is 24.0. The first-order valence-corrected chi connectivity index (χ1v) is 11.5. The van der Waals surface area contributed by atoms with E-state index in [1.807, 2.05) is 65.2 Å². The minimum atomic E-state index is -4.47. The molecule has 174 valence electrons. The molecule has 0 bridgehead atoms. The second-order valence-corrected chi connectivity index (χ2v) is 8.49. The maximum Gasteiger partial charge on any atom is 0.416 e. The molecule has 1 N–H and O–H groups in total. The van der Waals surface area contributed by atoms with Gasteiger partial charge >= 0.3 is 6.18 Å². The normalized spacial score (nSPS) is 11.4. The predicted molar refractivity (Wildman–Crippen MR) is 126 cm³/mol. The molecule has 1 amide bonds. The molecule has 9 heteroatoms. The number of nitrogens with zero attached hydrogens (tertiary/aromatic N) is 3. The fraction of sp³-hybridized carbons (Fsp3) is 0.160. The number of carbonyl (C=O) groups is 1. The van der Waals surface area contributed by atoms with Crippen molar-refractivity contribution in [2.45, 2.75) is 24.3 Å². The van der Waals surface area contributed by atoms with E-state index in [0.717, 1.165) is 29.1 Å². The SMILES string of the molecule is O=C(CSc1nnc(Cc2ccccc2)n1Cc1ccccc1)Nc1cccc(C(F)(F)F)c1. The Morgan fingerprint density at radius 2 is 1.56 bits per heavy atom. The van der Waals surface area contributed by atoms with Gasteiger partial charge in [-0.25, -0.2) is 0 Å². The monoisotopic (exact) mass is 482 g/mol. The van der Waals surface area contributed by atoms with Crippen molar-refractivity contribution in [1.82, 2.24) is 14.8 Å². The van der Waals surface area contributed by atoms with Gasteiger partial charge in [-0.15, -0.1) is 10.2 Å². The fourth-order valence-electron chi connectivity index (χ4n) is 3.36. The zero-order valence-corrected chi connectivity index (χ0v) is 18.8. The average Bonchev–Trinajstić information content (AvgIpc) is 3.19. The minimum Gasteiger partial charge on any atom is -0.325 e. The van der Waals surface area contributed by atoms with Crippen LogP contribution in [-0.4, -0.2) is 26.4 Å². The second kappa shape index (κ2) is 10.6. The molecule has 0 fully saturated rings. The first-order valence-electron chi connectivity index (χ1n) is 10.5. The van der Waals surface area contributed by atoms with Gasteiger partial charge in [-0.1, -0.05) is 78.5 Å². The van der Waals surface area contributed by atoms with Crippen LogP contribution in [0.1, 0.15) is 22.5 Å². The van der Waals surface area contributed by atoms with E-state index in [4.69, 9.17) is 0 Å². The minimum absolute atomic E-state index is 0.0193. The van der Waals surface area contributed by atoms with Crippen molar-refractivity contribution in [2.75, 3.05) is 11.1 Å². The average molecular weight is 483 g/mol. The number of alkyl halides is 3. The predicted octanol–water partition coefficient (Wildman–Crippen LogP) is 5.67. The number of nitrogens with one attached hydrogen (secondary N) is 1. The van der Waals surface area contributed by atoms with Gasteiger partial charge in [0.05, 0.1) is 17.9 Å². The molecule has 1 aromatic heterocycles. The third kappa shape index (κ3) is 6.26. The highest BCUT2D eigenvalue weighted by atomic mass is 32.2. The molecular formula is C25H21F3N4OS. The van der Waals surface area contributed by atoms with E-state index in [1.165, 1.54) is 23.9 Å². The van der Waals surface area contributed by atoms with E-state index in [1.54, 1.807) is 0 Å². The summed E-state index contributed by atoms with van der Waals surface area (Å²) in [4.78, 5) is 12.4. The maximum absolute atomic E-state index is 12.9. The molecule has 4 aromatic rings. The Bertz CT molecular complexity index is 1240. The summed E-state index contributed by atoms with van der Waals surface area (Å²) in [5, 5.41) is 11.7. The molecule has 5 nitrogen and oxygen atoms in total. The number of rotatable bonds is 8.